The van der Waals surface area contributed by atoms with E-state index >= 15 is 0 Å². The molecule has 8 nitrogen and oxygen atoms in total. The zero-order valence-electron chi connectivity index (χ0n) is 14.4. The Bertz CT molecular complexity index is 761. The van der Waals surface area contributed by atoms with Crippen molar-refractivity contribution in [1.29, 1.82) is 0 Å². The Morgan fingerprint density at radius 2 is 2.08 bits per heavy atom. The van der Waals surface area contributed by atoms with Gasteiger partial charge < -0.3 is 21.7 Å². The van der Waals surface area contributed by atoms with Gasteiger partial charge in [0.25, 0.3) is 5.91 Å². The lowest BCUT2D eigenvalue weighted by Crippen LogP contribution is -2.31. The molecular formula is C16H22N6O2S. The SMILES string of the molecule is CCCNC(=O)c1ccc(NC(=O)NC(C)c2nnc(N)s2)c(C)c1. The highest BCUT2D eigenvalue weighted by molar-refractivity contribution is 7.15. The summed E-state index contributed by atoms with van der Waals surface area (Å²) >= 11 is 1.23. The van der Waals surface area contributed by atoms with Crippen LogP contribution in [-0.4, -0.2) is 28.7 Å². The Kier molecular flexibility index (Phi) is 6.29. The predicted molar refractivity (Wildman–Crippen MR) is 98.7 cm³/mol. The molecule has 2 rings (SSSR count). The Hall–Kier alpha value is -2.68. The number of anilines is 2. The van der Waals surface area contributed by atoms with E-state index in [1.807, 2.05) is 13.8 Å². The largest absolute Gasteiger partial charge is 0.374 e. The standard InChI is InChI=1S/C16H22N6O2S/c1-4-7-18-13(23)11-5-6-12(9(2)8-11)20-16(24)19-10(3)14-21-22-15(17)25-14/h5-6,8,10H,4,7H2,1-3H3,(H2,17,22)(H,18,23)(H2,19,20,24). The second-order valence-electron chi connectivity index (χ2n) is 5.58. The molecule has 1 aromatic carbocycles. The summed E-state index contributed by atoms with van der Waals surface area (Å²) < 4.78 is 0. The molecule has 2 aromatic rings. The van der Waals surface area contributed by atoms with Crippen molar-refractivity contribution in [2.45, 2.75) is 33.2 Å². The second kappa shape index (κ2) is 8.43. The number of benzene rings is 1. The van der Waals surface area contributed by atoms with Gasteiger partial charge in [0, 0.05) is 17.8 Å². The van der Waals surface area contributed by atoms with Crippen LogP contribution in [0.15, 0.2) is 18.2 Å². The third-order valence-corrected chi connectivity index (χ3v) is 4.38. The summed E-state index contributed by atoms with van der Waals surface area (Å²) in [6.07, 6.45) is 0.878. The van der Waals surface area contributed by atoms with Gasteiger partial charge in [-0.1, -0.05) is 18.3 Å². The lowest BCUT2D eigenvalue weighted by atomic mass is 10.1. The number of nitrogens with two attached hydrogens (primary N) is 1. The number of amides is 3. The van der Waals surface area contributed by atoms with Gasteiger partial charge in [-0.15, -0.1) is 10.2 Å². The summed E-state index contributed by atoms with van der Waals surface area (Å²) in [6, 6.07) is 4.46. The average Bonchev–Trinajstić information content (AvgIpc) is 3.01. The van der Waals surface area contributed by atoms with Crippen molar-refractivity contribution in [2.75, 3.05) is 17.6 Å². The molecular weight excluding hydrogens is 340 g/mol. The number of carbonyl (C=O) groups excluding carboxylic acids is 2. The van der Waals surface area contributed by atoms with Crippen molar-refractivity contribution in [1.82, 2.24) is 20.8 Å². The van der Waals surface area contributed by atoms with Crippen LogP contribution in [0.25, 0.3) is 0 Å². The van der Waals surface area contributed by atoms with Crippen molar-refractivity contribution in [2.24, 2.45) is 0 Å². The maximum atomic E-state index is 12.1. The highest BCUT2D eigenvalue weighted by Crippen LogP contribution is 2.20. The molecule has 134 valence electrons. The van der Waals surface area contributed by atoms with Gasteiger partial charge in [0.2, 0.25) is 5.13 Å². The number of nitrogens with one attached hydrogen (secondary N) is 3. The van der Waals surface area contributed by atoms with Gasteiger partial charge in [0.15, 0.2) is 0 Å². The van der Waals surface area contributed by atoms with E-state index in [1.54, 1.807) is 25.1 Å². The molecule has 0 fully saturated rings. The monoisotopic (exact) mass is 362 g/mol. The zero-order chi connectivity index (χ0) is 18.4. The van der Waals surface area contributed by atoms with E-state index in [4.69, 9.17) is 5.73 Å². The van der Waals surface area contributed by atoms with Gasteiger partial charge in [-0.25, -0.2) is 4.79 Å². The third-order valence-electron chi connectivity index (χ3n) is 3.45. The molecule has 0 aliphatic rings. The number of aryl methyl sites for hydroxylation is 1. The van der Waals surface area contributed by atoms with Crippen LogP contribution in [0.3, 0.4) is 0 Å². The Labute approximate surface area is 150 Å². The molecule has 5 N–H and O–H groups in total. The molecule has 0 saturated heterocycles. The first-order valence-corrected chi connectivity index (χ1v) is 8.77. The van der Waals surface area contributed by atoms with E-state index in [9.17, 15) is 9.59 Å². The van der Waals surface area contributed by atoms with Crippen molar-refractivity contribution >= 4 is 34.1 Å². The minimum Gasteiger partial charge on any atom is -0.374 e. The first kappa shape index (κ1) is 18.7. The maximum absolute atomic E-state index is 12.1. The van der Waals surface area contributed by atoms with E-state index in [0.717, 1.165) is 12.0 Å². The highest BCUT2D eigenvalue weighted by atomic mass is 32.1. The molecule has 1 aromatic heterocycles. The predicted octanol–water partition coefficient (Wildman–Crippen LogP) is 2.45. The number of hydrogen-bond acceptors (Lipinski definition) is 6. The van der Waals surface area contributed by atoms with E-state index in [2.05, 4.69) is 26.1 Å². The molecule has 9 heteroatoms. The minimum absolute atomic E-state index is 0.122. The van der Waals surface area contributed by atoms with E-state index in [1.165, 1.54) is 11.3 Å². The molecule has 0 aliphatic carbocycles. The molecule has 0 spiro atoms. The molecule has 1 atom stereocenters. The zero-order valence-corrected chi connectivity index (χ0v) is 15.2. The van der Waals surface area contributed by atoms with Crippen molar-refractivity contribution in [3.8, 4) is 0 Å². The highest BCUT2D eigenvalue weighted by Gasteiger charge is 2.15. The number of aromatic nitrogens is 2. The van der Waals surface area contributed by atoms with Crippen LogP contribution in [0, 0.1) is 6.92 Å². The van der Waals surface area contributed by atoms with Gasteiger partial charge in [-0.2, -0.15) is 0 Å². The van der Waals surface area contributed by atoms with Crippen LogP contribution < -0.4 is 21.7 Å². The molecule has 3 amide bonds. The molecule has 0 aliphatic heterocycles. The Morgan fingerprint density at radius 1 is 1.32 bits per heavy atom. The number of urea groups is 1. The van der Waals surface area contributed by atoms with Crippen molar-refractivity contribution in [3.63, 3.8) is 0 Å². The van der Waals surface area contributed by atoms with E-state index in [0.29, 0.717) is 27.9 Å². The van der Waals surface area contributed by atoms with Crippen molar-refractivity contribution in [3.05, 3.63) is 34.3 Å². The lowest BCUT2D eigenvalue weighted by molar-refractivity contribution is 0.0953. The maximum Gasteiger partial charge on any atom is 0.319 e. The molecule has 1 unspecified atom stereocenters. The molecule has 0 bridgehead atoms. The van der Waals surface area contributed by atoms with Gasteiger partial charge in [-0.05, 0) is 44.0 Å². The number of carbonyl (C=O) groups is 2. The topological polar surface area (TPSA) is 122 Å². The first-order valence-electron chi connectivity index (χ1n) is 7.96. The third kappa shape index (κ3) is 5.15. The smallest absolute Gasteiger partial charge is 0.319 e. The fourth-order valence-electron chi connectivity index (χ4n) is 2.12. The van der Waals surface area contributed by atoms with Gasteiger partial charge in [0.05, 0.1) is 6.04 Å². The number of nitrogen functional groups attached to an aromatic ring is 1. The fourth-order valence-corrected chi connectivity index (χ4v) is 2.74. The van der Waals surface area contributed by atoms with Crippen LogP contribution in [0.4, 0.5) is 15.6 Å². The summed E-state index contributed by atoms with van der Waals surface area (Å²) in [6.45, 7) is 6.26. The first-order chi connectivity index (χ1) is 11.9. The average molecular weight is 362 g/mol. The fraction of sp³-hybridized carbons (Fsp3) is 0.375. The second-order valence-corrected chi connectivity index (χ2v) is 6.62. The molecule has 0 radical (unpaired) electrons. The number of rotatable bonds is 6. The van der Waals surface area contributed by atoms with Crippen LogP contribution >= 0.6 is 11.3 Å². The Balaban J connectivity index is 1.97. The summed E-state index contributed by atoms with van der Waals surface area (Å²) in [4.78, 5) is 24.1. The van der Waals surface area contributed by atoms with Crippen molar-refractivity contribution < 1.29 is 9.59 Å². The van der Waals surface area contributed by atoms with Crippen LogP contribution in [0.5, 0.6) is 0 Å². The summed E-state index contributed by atoms with van der Waals surface area (Å²) in [7, 11) is 0. The van der Waals surface area contributed by atoms with Gasteiger partial charge >= 0.3 is 6.03 Å². The minimum atomic E-state index is -0.368. The van der Waals surface area contributed by atoms with Crippen LogP contribution in [0.2, 0.25) is 0 Å². The molecule has 1 heterocycles. The number of nitrogens with zero attached hydrogens (tertiary/aromatic N) is 2. The van der Waals surface area contributed by atoms with Crippen LogP contribution in [0.1, 0.15) is 47.2 Å². The Morgan fingerprint density at radius 3 is 2.68 bits per heavy atom. The number of hydrogen-bond donors (Lipinski definition) is 4. The molecule has 0 saturated carbocycles. The molecule has 25 heavy (non-hydrogen) atoms. The summed E-state index contributed by atoms with van der Waals surface area (Å²) in [5.74, 6) is -0.122. The van der Waals surface area contributed by atoms with Crippen LogP contribution in [-0.2, 0) is 0 Å². The summed E-state index contributed by atoms with van der Waals surface area (Å²) in [5.41, 5.74) is 7.54. The van der Waals surface area contributed by atoms with Gasteiger partial charge in [-0.3, -0.25) is 4.79 Å². The van der Waals surface area contributed by atoms with Gasteiger partial charge in [0.1, 0.15) is 5.01 Å². The lowest BCUT2D eigenvalue weighted by Gasteiger charge is -2.14. The quantitative estimate of drug-likeness (QED) is 0.629. The normalized spacial score (nSPS) is 11.6. The summed E-state index contributed by atoms with van der Waals surface area (Å²) in [5, 5.41) is 17.0. The van der Waals surface area contributed by atoms with E-state index < -0.39 is 0 Å². The van der Waals surface area contributed by atoms with E-state index in [-0.39, 0.29) is 18.0 Å².